The predicted octanol–water partition coefficient (Wildman–Crippen LogP) is 4.44. The fourth-order valence-corrected chi connectivity index (χ4v) is 3.44. The normalized spacial score (nSPS) is 13.5. The summed E-state index contributed by atoms with van der Waals surface area (Å²) in [6.45, 7) is 0.338. The van der Waals surface area contributed by atoms with Gasteiger partial charge in [0.25, 0.3) is 5.91 Å². The minimum atomic E-state index is -0.461. The summed E-state index contributed by atoms with van der Waals surface area (Å²) >= 11 is 0. The van der Waals surface area contributed by atoms with Crippen molar-refractivity contribution < 1.29 is 14.3 Å². The lowest BCUT2D eigenvalue weighted by Crippen LogP contribution is -2.30. The van der Waals surface area contributed by atoms with Crippen LogP contribution in [0.4, 0.5) is 0 Å². The van der Waals surface area contributed by atoms with Crippen molar-refractivity contribution in [1.29, 1.82) is 0 Å². The molecule has 0 fully saturated rings. The summed E-state index contributed by atoms with van der Waals surface area (Å²) in [7, 11) is 0. The first kappa shape index (κ1) is 19.9. The topological polar surface area (TPSA) is 55.4 Å². The molecule has 0 aliphatic heterocycles. The zero-order valence-corrected chi connectivity index (χ0v) is 16.2. The van der Waals surface area contributed by atoms with Gasteiger partial charge in [-0.2, -0.15) is 0 Å². The van der Waals surface area contributed by atoms with Crippen LogP contribution in [-0.4, -0.2) is 25.0 Å². The maximum Gasteiger partial charge on any atom is 0.338 e. The van der Waals surface area contributed by atoms with Gasteiger partial charge >= 0.3 is 5.97 Å². The second kappa shape index (κ2) is 10.5. The minimum absolute atomic E-state index is 0.252. The molecule has 1 N–H and O–H groups in total. The van der Waals surface area contributed by atoms with Gasteiger partial charge in [-0.3, -0.25) is 4.79 Å². The number of esters is 1. The largest absolute Gasteiger partial charge is 0.452 e. The number of ether oxygens (including phenoxy) is 1. The molecule has 1 aliphatic rings. The molecule has 0 bridgehead atoms. The molecule has 0 aromatic heterocycles. The monoisotopic (exact) mass is 377 g/mol. The Morgan fingerprint density at radius 2 is 1.75 bits per heavy atom. The van der Waals surface area contributed by atoms with Gasteiger partial charge in [0.2, 0.25) is 0 Å². The SMILES string of the molecule is O=C(COC(=O)c1ccccc1Cc1ccccc1)NCCC1=CCCCC1. The van der Waals surface area contributed by atoms with E-state index in [0.29, 0.717) is 18.5 Å². The molecule has 0 saturated carbocycles. The van der Waals surface area contributed by atoms with E-state index in [1.54, 1.807) is 6.07 Å². The molecule has 1 amide bonds. The third kappa shape index (κ3) is 6.08. The summed E-state index contributed by atoms with van der Waals surface area (Å²) in [5, 5.41) is 2.83. The summed E-state index contributed by atoms with van der Waals surface area (Å²) < 4.78 is 5.25. The molecule has 0 unspecified atom stereocenters. The van der Waals surface area contributed by atoms with Gasteiger partial charge in [0.1, 0.15) is 0 Å². The van der Waals surface area contributed by atoms with E-state index in [0.717, 1.165) is 30.4 Å². The van der Waals surface area contributed by atoms with E-state index in [4.69, 9.17) is 4.74 Å². The molecule has 0 radical (unpaired) electrons. The number of nitrogens with one attached hydrogen (secondary N) is 1. The number of rotatable bonds is 8. The molecule has 146 valence electrons. The van der Waals surface area contributed by atoms with Crippen molar-refractivity contribution in [3.63, 3.8) is 0 Å². The Morgan fingerprint density at radius 1 is 0.964 bits per heavy atom. The summed E-state index contributed by atoms with van der Waals surface area (Å²) in [6.07, 6.45) is 8.57. The molecule has 0 spiro atoms. The Morgan fingerprint density at radius 3 is 2.54 bits per heavy atom. The minimum Gasteiger partial charge on any atom is -0.452 e. The molecule has 3 rings (SSSR count). The van der Waals surface area contributed by atoms with Crippen LogP contribution in [0.15, 0.2) is 66.2 Å². The fourth-order valence-electron chi connectivity index (χ4n) is 3.44. The number of carbonyl (C=O) groups is 2. The highest BCUT2D eigenvalue weighted by atomic mass is 16.5. The van der Waals surface area contributed by atoms with Crippen LogP contribution in [0.25, 0.3) is 0 Å². The molecule has 0 atom stereocenters. The third-order valence-electron chi connectivity index (χ3n) is 4.96. The van der Waals surface area contributed by atoms with Crippen LogP contribution in [0, 0.1) is 0 Å². The van der Waals surface area contributed by atoms with E-state index in [1.165, 1.54) is 18.4 Å². The van der Waals surface area contributed by atoms with E-state index in [1.807, 2.05) is 48.5 Å². The highest BCUT2D eigenvalue weighted by molar-refractivity contribution is 5.92. The van der Waals surface area contributed by atoms with Crippen LogP contribution in [0.1, 0.15) is 53.6 Å². The molecule has 2 aromatic carbocycles. The van der Waals surface area contributed by atoms with Crippen molar-refractivity contribution in [3.8, 4) is 0 Å². The number of allylic oxidation sites excluding steroid dienone is 1. The lowest BCUT2D eigenvalue weighted by Gasteiger charge is -2.13. The Hall–Kier alpha value is -2.88. The Kier molecular flexibility index (Phi) is 7.42. The highest BCUT2D eigenvalue weighted by Gasteiger charge is 2.14. The molecular weight excluding hydrogens is 350 g/mol. The van der Waals surface area contributed by atoms with E-state index in [9.17, 15) is 9.59 Å². The quantitative estimate of drug-likeness (QED) is 0.546. The highest BCUT2D eigenvalue weighted by Crippen LogP contribution is 2.19. The average molecular weight is 377 g/mol. The Labute approximate surface area is 166 Å². The van der Waals surface area contributed by atoms with E-state index >= 15 is 0 Å². The van der Waals surface area contributed by atoms with E-state index in [2.05, 4.69) is 11.4 Å². The number of hydrogen-bond acceptors (Lipinski definition) is 3. The Balaban J connectivity index is 1.48. The molecular formula is C24H27NO3. The van der Waals surface area contributed by atoms with Crippen molar-refractivity contribution in [3.05, 3.63) is 82.9 Å². The van der Waals surface area contributed by atoms with Gasteiger partial charge in [-0.1, -0.05) is 60.2 Å². The van der Waals surface area contributed by atoms with Crippen molar-refractivity contribution >= 4 is 11.9 Å². The van der Waals surface area contributed by atoms with Gasteiger partial charge in [-0.15, -0.1) is 0 Å². The van der Waals surface area contributed by atoms with E-state index in [-0.39, 0.29) is 12.5 Å². The standard InChI is InChI=1S/C24H27NO3/c26-23(25-16-15-19-9-3-1-4-10-19)18-28-24(27)22-14-8-7-13-21(22)17-20-11-5-2-6-12-20/h2,5-9,11-14H,1,3-4,10,15-18H2,(H,25,26). The van der Waals surface area contributed by atoms with Gasteiger partial charge in [0, 0.05) is 6.54 Å². The van der Waals surface area contributed by atoms with Crippen molar-refractivity contribution in [1.82, 2.24) is 5.32 Å². The first-order valence-corrected chi connectivity index (χ1v) is 9.96. The summed E-state index contributed by atoms with van der Waals surface area (Å²) in [5.41, 5.74) is 3.94. The zero-order valence-electron chi connectivity index (χ0n) is 16.2. The summed E-state index contributed by atoms with van der Waals surface area (Å²) in [6, 6.07) is 17.3. The van der Waals surface area contributed by atoms with Crippen LogP contribution in [-0.2, 0) is 16.0 Å². The molecule has 28 heavy (non-hydrogen) atoms. The van der Waals surface area contributed by atoms with Crippen LogP contribution < -0.4 is 5.32 Å². The van der Waals surface area contributed by atoms with Crippen molar-refractivity contribution in [2.24, 2.45) is 0 Å². The predicted molar refractivity (Wildman–Crippen MR) is 110 cm³/mol. The number of carbonyl (C=O) groups excluding carboxylic acids is 2. The second-order valence-corrected chi connectivity index (χ2v) is 7.10. The van der Waals surface area contributed by atoms with Crippen molar-refractivity contribution in [2.45, 2.75) is 38.5 Å². The fraction of sp³-hybridized carbons (Fsp3) is 0.333. The second-order valence-electron chi connectivity index (χ2n) is 7.10. The molecule has 0 heterocycles. The molecule has 4 heteroatoms. The first-order chi connectivity index (χ1) is 13.7. The molecule has 2 aromatic rings. The van der Waals surface area contributed by atoms with Crippen LogP contribution in [0.2, 0.25) is 0 Å². The van der Waals surface area contributed by atoms with Gasteiger partial charge in [0.05, 0.1) is 5.56 Å². The maximum absolute atomic E-state index is 12.5. The first-order valence-electron chi connectivity index (χ1n) is 9.96. The lowest BCUT2D eigenvalue weighted by atomic mass is 9.97. The number of amides is 1. The average Bonchev–Trinajstić information content (AvgIpc) is 2.74. The van der Waals surface area contributed by atoms with Crippen molar-refractivity contribution in [2.75, 3.05) is 13.2 Å². The van der Waals surface area contributed by atoms with Crippen LogP contribution >= 0.6 is 0 Å². The Bertz CT molecular complexity index is 827. The van der Waals surface area contributed by atoms with Gasteiger partial charge in [0.15, 0.2) is 6.61 Å². The summed E-state index contributed by atoms with van der Waals surface area (Å²) in [5.74, 6) is -0.720. The number of hydrogen-bond donors (Lipinski definition) is 1. The molecule has 4 nitrogen and oxygen atoms in total. The molecule has 1 aliphatic carbocycles. The van der Waals surface area contributed by atoms with Gasteiger partial charge in [-0.05, 0) is 55.7 Å². The van der Waals surface area contributed by atoms with Crippen LogP contribution in [0.3, 0.4) is 0 Å². The smallest absolute Gasteiger partial charge is 0.338 e. The van der Waals surface area contributed by atoms with Crippen LogP contribution in [0.5, 0.6) is 0 Å². The van der Waals surface area contributed by atoms with Gasteiger partial charge in [-0.25, -0.2) is 4.79 Å². The third-order valence-corrected chi connectivity index (χ3v) is 4.96. The maximum atomic E-state index is 12.5. The lowest BCUT2D eigenvalue weighted by molar-refractivity contribution is -0.124. The van der Waals surface area contributed by atoms with E-state index < -0.39 is 5.97 Å². The zero-order chi connectivity index (χ0) is 19.6. The summed E-state index contributed by atoms with van der Waals surface area (Å²) in [4.78, 5) is 24.5. The number of benzene rings is 2. The molecule has 0 saturated heterocycles. The van der Waals surface area contributed by atoms with Gasteiger partial charge < -0.3 is 10.1 Å².